The van der Waals surface area contributed by atoms with Crippen LogP contribution in [0.1, 0.15) is 45.6 Å². The Morgan fingerprint density at radius 1 is 0.857 bits per heavy atom. The fraction of sp³-hybridized carbons (Fsp3) is 0.282. The first kappa shape index (κ1) is 29.6. The van der Waals surface area contributed by atoms with Crippen molar-refractivity contribution < 1.29 is 29.3 Å². The molecule has 248 valence electrons. The van der Waals surface area contributed by atoms with Gasteiger partial charge in [-0.15, -0.1) is 0 Å². The van der Waals surface area contributed by atoms with E-state index in [1.165, 1.54) is 16.0 Å². The van der Waals surface area contributed by atoms with E-state index in [1.54, 1.807) is 18.0 Å². The Labute approximate surface area is 283 Å². The van der Waals surface area contributed by atoms with Crippen molar-refractivity contribution in [3.05, 3.63) is 106 Å². The quantitative estimate of drug-likeness (QED) is 0.216. The third-order valence-corrected chi connectivity index (χ3v) is 10.9. The fourth-order valence-electron chi connectivity index (χ4n) is 8.51. The second-order valence-corrected chi connectivity index (χ2v) is 13.6. The summed E-state index contributed by atoms with van der Waals surface area (Å²) in [7, 11) is 3.85. The number of nitrogens with one attached hydrogen (secondary N) is 1. The van der Waals surface area contributed by atoms with E-state index >= 15 is 0 Å². The molecule has 1 aliphatic carbocycles. The summed E-state index contributed by atoms with van der Waals surface area (Å²) in [4.78, 5) is 35.3. The second-order valence-electron chi connectivity index (χ2n) is 13.6. The Kier molecular flexibility index (Phi) is 6.67. The van der Waals surface area contributed by atoms with Gasteiger partial charge in [-0.1, -0.05) is 48.5 Å². The summed E-state index contributed by atoms with van der Waals surface area (Å²) >= 11 is 0. The summed E-state index contributed by atoms with van der Waals surface area (Å²) in [6.45, 7) is 1.35. The number of aromatic nitrogens is 1. The van der Waals surface area contributed by atoms with Gasteiger partial charge < -0.3 is 34.5 Å². The van der Waals surface area contributed by atoms with E-state index in [2.05, 4.69) is 41.2 Å². The van der Waals surface area contributed by atoms with Crippen LogP contribution in [0, 0.1) is 0 Å². The van der Waals surface area contributed by atoms with E-state index in [-0.39, 0.29) is 42.7 Å². The number of nitrogens with zero attached hydrogens (tertiary/aromatic N) is 3. The number of phenols is 2. The third-order valence-electron chi connectivity index (χ3n) is 10.9. The van der Waals surface area contributed by atoms with Gasteiger partial charge in [-0.3, -0.25) is 14.5 Å². The van der Waals surface area contributed by atoms with E-state index in [0.717, 1.165) is 63.8 Å². The normalized spacial score (nSPS) is 21.8. The van der Waals surface area contributed by atoms with Gasteiger partial charge in [-0.2, -0.15) is 0 Å². The molecule has 10 rings (SSSR count). The van der Waals surface area contributed by atoms with Crippen LogP contribution >= 0.6 is 0 Å². The number of amides is 2. The first-order valence-electron chi connectivity index (χ1n) is 16.7. The largest absolute Gasteiger partial charge is 0.504 e. The minimum Gasteiger partial charge on any atom is -0.504 e. The van der Waals surface area contributed by atoms with Crippen LogP contribution in [-0.4, -0.2) is 81.7 Å². The predicted molar refractivity (Wildman–Crippen MR) is 183 cm³/mol. The average molecular weight is 657 g/mol. The van der Waals surface area contributed by atoms with E-state index < -0.39 is 6.04 Å². The Hall–Kier alpha value is -5.48. The Morgan fingerprint density at radius 2 is 1.69 bits per heavy atom. The highest BCUT2D eigenvalue weighted by molar-refractivity contribution is 5.97. The number of rotatable bonds is 1. The molecule has 4 aromatic carbocycles. The van der Waals surface area contributed by atoms with Gasteiger partial charge in [0.2, 0.25) is 18.6 Å². The molecule has 5 heterocycles. The molecule has 4 aliphatic heterocycles. The summed E-state index contributed by atoms with van der Waals surface area (Å²) < 4.78 is 11.0. The zero-order valence-electron chi connectivity index (χ0n) is 27.3. The van der Waals surface area contributed by atoms with E-state index in [1.807, 2.05) is 42.5 Å². The summed E-state index contributed by atoms with van der Waals surface area (Å²) in [5.41, 5.74) is 9.68. The van der Waals surface area contributed by atoms with Gasteiger partial charge in [0, 0.05) is 48.2 Å². The number of carbonyl (C=O) groups excluding carboxylic acids is 2. The first-order valence-corrected chi connectivity index (χ1v) is 16.7. The number of ether oxygens (including phenoxy) is 2. The van der Waals surface area contributed by atoms with E-state index in [4.69, 9.17) is 9.47 Å². The molecule has 1 fully saturated rings. The summed E-state index contributed by atoms with van der Waals surface area (Å²) in [6, 6.07) is 23.1. The number of hydrogen-bond donors (Lipinski definition) is 3. The molecule has 0 bridgehead atoms. The molecule has 0 radical (unpaired) electrons. The van der Waals surface area contributed by atoms with Crippen LogP contribution in [0.5, 0.6) is 23.0 Å². The van der Waals surface area contributed by atoms with Crippen molar-refractivity contribution >= 4 is 22.7 Å². The van der Waals surface area contributed by atoms with Crippen molar-refractivity contribution in [2.24, 2.45) is 0 Å². The zero-order valence-corrected chi connectivity index (χ0v) is 27.3. The van der Waals surface area contributed by atoms with Crippen molar-refractivity contribution in [3.8, 4) is 34.1 Å². The second kappa shape index (κ2) is 11.0. The molecule has 0 unspecified atom stereocenters. The number of H-pyrrole nitrogens is 1. The lowest BCUT2D eigenvalue weighted by Crippen LogP contribution is -2.62. The molecule has 3 N–H and O–H groups in total. The van der Waals surface area contributed by atoms with Crippen LogP contribution in [0.3, 0.4) is 0 Å². The van der Waals surface area contributed by atoms with Crippen LogP contribution in [-0.2, 0) is 28.9 Å². The van der Waals surface area contributed by atoms with Gasteiger partial charge in [0.25, 0.3) is 0 Å². The molecular formula is C39H36N4O6. The highest BCUT2D eigenvalue weighted by atomic mass is 16.7. The van der Waals surface area contributed by atoms with E-state index in [9.17, 15) is 19.8 Å². The topological polar surface area (TPSA) is 119 Å². The van der Waals surface area contributed by atoms with Crippen molar-refractivity contribution in [2.45, 2.75) is 37.4 Å². The molecule has 10 nitrogen and oxygen atoms in total. The number of aromatic amines is 1. The van der Waals surface area contributed by atoms with Crippen molar-refractivity contribution in [3.63, 3.8) is 0 Å². The van der Waals surface area contributed by atoms with Crippen LogP contribution in [0.2, 0.25) is 0 Å². The minimum atomic E-state index is -0.511. The number of benzene rings is 4. The number of phenolic OH excluding ortho intramolecular Hbond substituents is 2. The standard InChI is InChI=1S/C22H19N3O4.C17H17NO2/c1-24-10-19(26)25-16(22(24)27)9-14-13-4-2-3-5-15(13)23-20(14)21(25)12-6-7-17-18(8-12)29-11-28-17;1-18-8-7-10-3-2-4-12-15(10)13(18)9-11-5-6-14(19)17(20)16(11)12/h2-8,16,21,23H,9-11H2,1H3;2-6,13,19-20H,7-9H2,1H3/t16-,21-;13-/m11/s1. The van der Waals surface area contributed by atoms with Gasteiger partial charge in [0.05, 0.1) is 12.6 Å². The maximum Gasteiger partial charge on any atom is 0.245 e. The van der Waals surface area contributed by atoms with Gasteiger partial charge in [0.1, 0.15) is 6.04 Å². The maximum absolute atomic E-state index is 13.1. The molecule has 5 aliphatic rings. The molecule has 1 saturated heterocycles. The summed E-state index contributed by atoms with van der Waals surface area (Å²) in [5, 5.41) is 21.2. The first-order chi connectivity index (χ1) is 23.8. The Bertz CT molecular complexity index is 2190. The summed E-state index contributed by atoms with van der Waals surface area (Å²) in [5.74, 6) is 1.26. The highest BCUT2D eigenvalue weighted by Gasteiger charge is 2.47. The van der Waals surface area contributed by atoms with Gasteiger partial charge >= 0.3 is 0 Å². The minimum absolute atomic E-state index is 0.0163. The number of hydrogen-bond acceptors (Lipinski definition) is 7. The van der Waals surface area contributed by atoms with Crippen molar-refractivity contribution in [1.82, 2.24) is 19.7 Å². The third kappa shape index (κ3) is 4.50. The molecule has 10 heteroatoms. The molecule has 1 aromatic heterocycles. The van der Waals surface area contributed by atoms with Gasteiger partial charge in [-0.05, 0) is 77.5 Å². The monoisotopic (exact) mass is 656 g/mol. The lowest BCUT2D eigenvalue weighted by atomic mass is 9.77. The molecule has 2 amide bonds. The molecule has 0 spiro atoms. The molecular weight excluding hydrogens is 620 g/mol. The van der Waals surface area contributed by atoms with Crippen LogP contribution < -0.4 is 9.47 Å². The highest BCUT2D eigenvalue weighted by Crippen LogP contribution is 2.50. The zero-order chi connectivity index (χ0) is 33.6. The lowest BCUT2D eigenvalue weighted by Gasteiger charge is -2.46. The number of piperazine rings is 1. The Morgan fingerprint density at radius 3 is 2.57 bits per heavy atom. The SMILES string of the molecule is CN1CC(=O)N2[C@H](c3ccc4c(c3)OCO4)c3[nH]c4ccccc4c3C[C@@H]2C1=O.CN1CCc2cccc3c2[C@H]1Cc1ccc(O)c(O)c1-3. The molecule has 3 atom stereocenters. The van der Waals surface area contributed by atoms with Crippen LogP contribution in [0.4, 0.5) is 0 Å². The van der Waals surface area contributed by atoms with Gasteiger partial charge in [0.15, 0.2) is 23.0 Å². The summed E-state index contributed by atoms with van der Waals surface area (Å²) in [6.07, 6.45) is 2.45. The lowest BCUT2D eigenvalue weighted by molar-refractivity contribution is -0.157. The average Bonchev–Trinajstić information content (AvgIpc) is 3.74. The van der Waals surface area contributed by atoms with Crippen molar-refractivity contribution in [2.75, 3.05) is 34.0 Å². The van der Waals surface area contributed by atoms with E-state index in [0.29, 0.717) is 24.0 Å². The van der Waals surface area contributed by atoms with Crippen LogP contribution in [0.25, 0.3) is 22.0 Å². The fourth-order valence-corrected chi connectivity index (χ4v) is 8.51. The molecule has 5 aromatic rings. The Balaban J connectivity index is 0.000000142. The van der Waals surface area contributed by atoms with Gasteiger partial charge in [-0.25, -0.2) is 0 Å². The van der Waals surface area contributed by atoms with Crippen LogP contribution in [0.15, 0.2) is 72.8 Å². The predicted octanol–water partition coefficient (Wildman–Crippen LogP) is 5.06. The number of para-hydroxylation sites is 1. The molecule has 49 heavy (non-hydrogen) atoms. The molecule has 0 saturated carbocycles. The number of fused-ring (bicyclic) bond motifs is 7. The van der Waals surface area contributed by atoms with Crippen molar-refractivity contribution in [1.29, 1.82) is 0 Å². The maximum atomic E-state index is 13.1. The number of carbonyl (C=O) groups is 2. The number of likely N-dealkylation sites (N-methyl/N-ethyl adjacent to an activating group) is 2. The smallest absolute Gasteiger partial charge is 0.245 e. The number of aromatic hydroxyl groups is 2.